The van der Waals surface area contributed by atoms with Crippen molar-refractivity contribution in [3.63, 3.8) is 0 Å². The number of hydrogen-bond acceptors (Lipinski definition) is 4. The number of aliphatic hydroxyl groups is 1. The normalized spacial score (nSPS) is 32.8. The van der Waals surface area contributed by atoms with E-state index in [-0.39, 0.29) is 4.90 Å². The SMILES string of the molecule is [2H]c1c([2H])c([2H])c2c(c1[2H])C([2H])([2H])C([2H])([2H])N(C)C(=O)[C@@]2([2H])NC(=O)[C@]([2H])(C)NC(=O)[C@@H](O)C(C)C. The summed E-state index contributed by atoms with van der Waals surface area (Å²) in [5.74, 6) is -4.82. The Hall–Kier alpha value is -2.41. The van der Waals surface area contributed by atoms with Crippen LogP contribution in [0.25, 0.3) is 0 Å². The lowest BCUT2D eigenvalue weighted by Crippen LogP contribution is -2.51. The average molecular weight is 372 g/mol. The molecule has 0 fully saturated rings. The fraction of sp³-hybridized carbons (Fsp3) is 0.526. The maximum Gasteiger partial charge on any atom is 0.249 e. The second kappa shape index (κ2) is 8.31. The summed E-state index contributed by atoms with van der Waals surface area (Å²) in [6.45, 7) is 0.610. The second-order valence-corrected chi connectivity index (χ2v) is 5.98. The molecule has 0 saturated heterocycles. The first kappa shape index (κ1) is 10.1. The van der Waals surface area contributed by atoms with Crippen LogP contribution in [-0.4, -0.2) is 53.4 Å². The molecule has 1 aromatic rings. The van der Waals surface area contributed by atoms with Crippen LogP contribution in [0.2, 0.25) is 0 Å². The summed E-state index contributed by atoms with van der Waals surface area (Å²) in [5, 5.41) is 13.7. The van der Waals surface area contributed by atoms with Gasteiger partial charge in [0.15, 0.2) is 0 Å². The predicted molar refractivity (Wildman–Crippen MR) is 97.1 cm³/mol. The van der Waals surface area contributed by atoms with Crippen molar-refractivity contribution in [1.29, 1.82) is 0 Å². The highest BCUT2D eigenvalue weighted by Gasteiger charge is 2.32. The topological polar surface area (TPSA) is 98.7 Å². The molecule has 0 aromatic heterocycles. The summed E-state index contributed by atoms with van der Waals surface area (Å²) in [7, 11) is 0.790. The number of carbonyl (C=O) groups excluding carboxylic acids is 3. The van der Waals surface area contributed by atoms with Gasteiger partial charge in [-0.3, -0.25) is 14.4 Å². The molecule has 7 heteroatoms. The Balaban J connectivity index is 2.79. The second-order valence-electron chi connectivity index (χ2n) is 5.98. The summed E-state index contributed by atoms with van der Waals surface area (Å²) in [4.78, 5) is 38.8. The van der Waals surface area contributed by atoms with E-state index in [4.69, 9.17) is 13.7 Å². The van der Waals surface area contributed by atoms with E-state index >= 15 is 0 Å². The number of rotatable bonds is 5. The Kier molecular flexibility index (Phi) is 3.22. The van der Waals surface area contributed by atoms with Crippen LogP contribution >= 0.6 is 0 Å². The van der Waals surface area contributed by atoms with E-state index < -0.39 is 89.9 Å². The van der Waals surface area contributed by atoms with Gasteiger partial charge in [0, 0.05) is 19.0 Å². The fourth-order valence-corrected chi connectivity index (χ4v) is 2.00. The van der Waals surface area contributed by atoms with Gasteiger partial charge in [-0.05, 0) is 30.3 Å². The number of aliphatic hydroxyl groups excluding tert-OH is 1. The Morgan fingerprint density at radius 2 is 2.04 bits per heavy atom. The minimum absolute atomic E-state index is 0.161. The highest BCUT2D eigenvalue weighted by Crippen LogP contribution is 2.24. The first-order valence-corrected chi connectivity index (χ1v) is 7.79. The van der Waals surface area contributed by atoms with Crippen molar-refractivity contribution in [1.82, 2.24) is 15.5 Å². The minimum atomic E-state index is -3.28. The third-order valence-corrected chi connectivity index (χ3v) is 3.59. The quantitative estimate of drug-likeness (QED) is 0.697. The van der Waals surface area contributed by atoms with E-state index in [2.05, 4.69) is 0 Å². The summed E-state index contributed by atoms with van der Waals surface area (Å²) >= 11 is 0. The molecule has 1 aliphatic rings. The zero-order valence-corrected chi connectivity index (χ0v) is 14.8. The molecule has 7 nitrogen and oxygen atoms in total. The minimum Gasteiger partial charge on any atom is -0.383 e. The van der Waals surface area contributed by atoms with Crippen LogP contribution in [0, 0.1) is 5.92 Å². The molecule has 0 spiro atoms. The predicted octanol–water partition coefficient (Wildman–Crippen LogP) is 0.380. The number of hydrogen-bond donors (Lipinski definition) is 3. The fourth-order valence-electron chi connectivity index (χ4n) is 2.00. The lowest BCUT2D eigenvalue weighted by Gasteiger charge is -2.24. The first-order valence-electron chi connectivity index (χ1n) is 12.8. The van der Waals surface area contributed by atoms with Crippen LogP contribution in [0.5, 0.6) is 0 Å². The third kappa shape index (κ3) is 4.40. The molecule has 3 atom stereocenters. The van der Waals surface area contributed by atoms with Gasteiger partial charge < -0.3 is 20.6 Å². The molecule has 0 bridgehead atoms. The smallest absolute Gasteiger partial charge is 0.249 e. The van der Waals surface area contributed by atoms with Gasteiger partial charge in [0.25, 0.3) is 0 Å². The highest BCUT2D eigenvalue weighted by molar-refractivity contribution is 5.93. The molecule has 0 unspecified atom stereocenters. The van der Waals surface area contributed by atoms with Gasteiger partial charge in [-0.1, -0.05) is 38.0 Å². The number of nitrogens with zero attached hydrogens (tertiary/aromatic N) is 1. The number of benzene rings is 1. The number of likely N-dealkylation sites (N-methyl/N-ethyl adjacent to an activating group) is 1. The first-order chi connectivity index (χ1) is 16.1. The van der Waals surface area contributed by atoms with Crippen molar-refractivity contribution in [3.8, 4) is 0 Å². The van der Waals surface area contributed by atoms with Crippen molar-refractivity contribution < 1.29 is 33.2 Å². The van der Waals surface area contributed by atoms with Gasteiger partial charge in [-0.2, -0.15) is 0 Å². The lowest BCUT2D eigenvalue weighted by atomic mass is 9.99. The van der Waals surface area contributed by atoms with Crippen molar-refractivity contribution in [3.05, 3.63) is 35.3 Å². The van der Waals surface area contributed by atoms with Gasteiger partial charge in [-0.25, -0.2) is 0 Å². The standard InChI is InChI=1S/C19H27N3O4/c1-11(2)16(23)18(25)20-12(3)17(24)21-15-14-8-6-5-7-13(14)9-10-22(4)19(15)26/h5-8,11-12,15-16,23H,9-10H2,1-4H3,(H,20,25)(H,21,24)/t12-,15-,16-/m0/s1/i5D,6D,7D,8D,9D2,10D2,12D,15D. The molecule has 0 saturated carbocycles. The summed E-state index contributed by atoms with van der Waals surface area (Å²) in [5.41, 5.74) is -2.10. The van der Waals surface area contributed by atoms with E-state index in [0.717, 1.165) is 14.0 Å². The van der Waals surface area contributed by atoms with Crippen LogP contribution in [0.3, 0.4) is 0 Å². The van der Waals surface area contributed by atoms with Crippen LogP contribution in [0.1, 0.15) is 51.6 Å². The molecule has 142 valence electrons. The molecule has 2 rings (SSSR count). The summed E-state index contributed by atoms with van der Waals surface area (Å²) in [6, 6.07) is -9.91. The van der Waals surface area contributed by atoms with E-state index in [1.54, 1.807) is 0 Å². The molecule has 26 heavy (non-hydrogen) atoms. The highest BCUT2D eigenvalue weighted by atomic mass is 16.3. The molecule has 1 aromatic carbocycles. The van der Waals surface area contributed by atoms with Crippen molar-refractivity contribution in [2.75, 3.05) is 13.5 Å². The molecular formula is C19H27N3O4. The number of carbonyl (C=O) groups is 3. The lowest BCUT2D eigenvalue weighted by molar-refractivity contribution is -0.137. The van der Waals surface area contributed by atoms with Gasteiger partial charge in [0.1, 0.15) is 18.1 Å². The molecule has 0 aliphatic carbocycles. The van der Waals surface area contributed by atoms with Gasteiger partial charge in [-0.15, -0.1) is 0 Å². The molecule has 3 N–H and O–H groups in total. The van der Waals surface area contributed by atoms with Gasteiger partial charge in [0.2, 0.25) is 17.7 Å². The van der Waals surface area contributed by atoms with Crippen LogP contribution in [0.4, 0.5) is 0 Å². The molecular weight excluding hydrogens is 334 g/mol. The monoisotopic (exact) mass is 371 g/mol. The maximum atomic E-state index is 13.4. The number of fused-ring (bicyclic) bond motifs is 1. The Labute approximate surface area is 167 Å². The van der Waals surface area contributed by atoms with Crippen LogP contribution in [-0.2, 0) is 20.8 Å². The largest absolute Gasteiger partial charge is 0.383 e. The maximum absolute atomic E-state index is 13.4. The van der Waals surface area contributed by atoms with Crippen LogP contribution < -0.4 is 10.6 Å². The zero-order chi connectivity index (χ0) is 28.3. The van der Waals surface area contributed by atoms with Gasteiger partial charge >= 0.3 is 0 Å². The van der Waals surface area contributed by atoms with Gasteiger partial charge in [0.05, 0.1) is 8.22 Å². The van der Waals surface area contributed by atoms with Crippen molar-refractivity contribution in [2.45, 2.75) is 45.3 Å². The van der Waals surface area contributed by atoms with E-state index in [0.29, 0.717) is 0 Å². The Morgan fingerprint density at radius 1 is 1.38 bits per heavy atom. The van der Waals surface area contributed by atoms with Crippen molar-refractivity contribution >= 4 is 17.7 Å². The summed E-state index contributed by atoms with van der Waals surface area (Å²) < 4.78 is 82.5. The molecule has 0 radical (unpaired) electrons. The van der Waals surface area contributed by atoms with E-state index in [1.165, 1.54) is 13.8 Å². The molecule has 1 heterocycles. The average Bonchev–Trinajstić information content (AvgIpc) is 2.79. The Morgan fingerprint density at radius 3 is 2.69 bits per heavy atom. The van der Waals surface area contributed by atoms with E-state index in [9.17, 15) is 19.5 Å². The van der Waals surface area contributed by atoms with E-state index in [1.807, 2.05) is 10.6 Å². The zero-order valence-electron chi connectivity index (χ0n) is 24.8. The number of nitrogens with one attached hydrogen (secondary N) is 2. The van der Waals surface area contributed by atoms with Crippen LogP contribution in [0.15, 0.2) is 24.2 Å². The Bertz CT molecular complexity index is 1130. The molecule has 1 aliphatic heterocycles. The number of amides is 3. The summed E-state index contributed by atoms with van der Waals surface area (Å²) in [6.07, 6.45) is -4.89. The third-order valence-electron chi connectivity index (χ3n) is 3.59. The molecule has 3 amide bonds. The van der Waals surface area contributed by atoms with Crippen molar-refractivity contribution in [2.24, 2.45) is 5.92 Å².